The monoisotopic (exact) mass is 290 g/mol. The summed E-state index contributed by atoms with van der Waals surface area (Å²) in [6, 6.07) is 7.60. The van der Waals surface area contributed by atoms with Gasteiger partial charge in [-0.15, -0.1) is 5.10 Å². The summed E-state index contributed by atoms with van der Waals surface area (Å²) in [4.78, 5) is 12.1. The van der Waals surface area contributed by atoms with E-state index in [2.05, 4.69) is 29.4 Å². The number of hydrogen-bond donors (Lipinski definition) is 0. The van der Waals surface area contributed by atoms with Crippen molar-refractivity contribution in [1.82, 2.24) is 20.2 Å². The quantitative estimate of drug-likeness (QED) is 0.604. The van der Waals surface area contributed by atoms with Gasteiger partial charge < -0.3 is 0 Å². The molecule has 0 atom stereocenters. The summed E-state index contributed by atoms with van der Waals surface area (Å²) in [5, 5.41) is 12.3. The molecule has 0 saturated heterocycles. The fourth-order valence-corrected chi connectivity index (χ4v) is 2.49. The number of carbonyl (C=O) groups is 1. The van der Waals surface area contributed by atoms with Crippen LogP contribution < -0.4 is 0 Å². The average Bonchev–Trinajstić information content (AvgIpc) is 2.83. The minimum atomic E-state index is 0.0918. The molecule has 0 radical (unpaired) electrons. The number of aryl methyl sites for hydroxylation is 1. The molecule has 2 aromatic rings. The van der Waals surface area contributed by atoms with Crippen molar-refractivity contribution in [3.05, 3.63) is 35.4 Å². The summed E-state index contributed by atoms with van der Waals surface area (Å²) < 4.78 is 1.75. The molecule has 0 aliphatic rings. The van der Waals surface area contributed by atoms with Crippen molar-refractivity contribution in [2.45, 2.75) is 32.5 Å². The molecule has 6 heteroatoms. The zero-order valence-corrected chi connectivity index (χ0v) is 12.7. The third kappa shape index (κ3) is 3.90. The van der Waals surface area contributed by atoms with Crippen LogP contribution in [0.5, 0.6) is 0 Å². The molecule has 5 nitrogen and oxygen atoms in total. The zero-order chi connectivity index (χ0) is 14.5. The van der Waals surface area contributed by atoms with E-state index in [1.54, 1.807) is 4.68 Å². The lowest BCUT2D eigenvalue weighted by Gasteiger charge is -2.06. The second-order valence-electron chi connectivity index (χ2n) is 5.12. The molecule has 1 aromatic heterocycles. The fourth-order valence-electron chi connectivity index (χ4n) is 1.71. The minimum Gasteiger partial charge on any atom is -0.293 e. The van der Waals surface area contributed by atoms with Crippen LogP contribution >= 0.6 is 11.8 Å². The molecule has 0 bridgehead atoms. The molecule has 1 aromatic carbocycles. The van der Waals surface area contributed by atoms with E-state index < -0.39 is 0 Å². The molecule has 0 aliphatic carbocycles. The molecule has 0 fully saturated rings. The van der Waals surface area contributed by atoms with Crippen LogP contribution in [0.15, 0.2) is 29.4 Å². The van der Waals surface area contributed by atoms with Crippen LogP contribution in [0.25, 0.3) is 0 Å². The van der Waals surface area contributed by atoms with E-state index in [1.807, 2.05) is 31.2 Å². The van der Waals surface area contributed by atoms with Crippen LogP contribution in [0, 0.1) is 12.8 Å². The van der Waals surface area contributed by atoms with Gasteiger partial charge in [-0.2, -0.15) is 0 Å². The van der Waals surface area contributed by atoms with E-state index in [0.717, 1.165) is 17.7 Å². The van der Waals surface area contributed by atoms with Crippen molar-refractivity contribution in [1.29, 1.82) is 0 Å². The number of thioether (sulfide) groups is 1. The third-order valence-electron chi connectivity index (χ3n) is 2.74. The van der Waals surface area contributed by atoms with E-state index in [4.69, 9.17) is 0 Å². The smallest absolute Gasteiger partial charge is 0.209 e. The lowest BCUT2D eigenvalue weighted by atomic mass is 10.1. The van der Waals surface area contributed by atoms with Crippen molar-refractivity contribution in [3.8, 4) is 0 Å². The Hall–Kier alpha value is -1.69. The number of rotatable bonds is 6. The summed E-state index contributed by atoms with van der Waals surface area (Å²) in [7, 11) is 0. The van der Waals surface area contributed by atoms with E-state index in [9.17, 15) is 4.79 Å². The average molecular weight is 290 g/mol. The van der Waals surface area contributed by atoms with Crippen molar-refractivity contribution >= 4 is 17.5 Å². The highest BCUT2D eigenvalue weighted by molar-refractivity contribution is 7.99. The Balaban J connectivity index is 1.96. The Morgan fingerprint density at radius 3 is 2.65 bits per heavy atom. The van der Waals surface area contributed by atoms with Gasteiger partial charge in [0.2, 0.25) is 5.16 Å². The summed E-state index contributed by atoms with van der Waals surface area (Å²) in [6.07, 6.45) is 0. The standard InChI is InChI=1S/C14H18N4OS/c1-10(2)8-18-14(15-16-17-18)20-9-13(19)12-6-4-11(3)5-7-12/h4-7,10H,8-9H2,1-3H3. The second-order valence-corrected chi connectivity index (χ2v) is 6.06. The Morgan fingerprint density at radius 2 is 2.00 bits per heavy atom. The first-order valence-corrected chi connectivity index (χ1v) is 7.53. The number of tetrazole rings is 1. The van der Waals surface area contributed by atoms with Crippen LogP contribution in [-0.2, 0) is 6.54 Å². The minimum absolute atomic E-state index is 0.0918. The molecular weight excluding hydrogens is 272 g/mol. The molecule has 0 aliphatic heterocycles. The zero-order valence-electron chi connectivity index (χ0n) is 11.9. The van der Waals surface area contributed by atoms with Gasteiger partial charge >= 0.3 is 0 Å². The summed E-state index contributed by atoms with van der Waals surface area (Å²) in [6.45, 7) is 6.97. The van der Waals surface area contributed by atoms with Gasteiger partial charge in [0.15, 0.2) is 5.78 Å². The number of benzene rings is 1. The van der Waals surface area contributed by atoms with E-state index in [0.29, 0.717) is 16.8 Å². The van der Waals surface area contributed by atoms with Gasteiger partial charge in [-0.25, -0.2) is 4.68 Å². The van der Waals surface area contributed by atoms with Gasteiger partial charge in [0.1, 0.15) is 0 Å². The highest BCUT2D eigenvalue weighted by Gasteiger charge is 2.12. The Labute approximate surface area is 122 Å². The maximum Gasteiger partial charge on any atom is 0.209 e. The molecule has 20 heavy (non-hydrogen) atoms. The lowest BCUT2D eigenvalue weighted by Crippen LogP contribution is -2.09. The number of nitrogens with zero attached hydrogens (tertiary/aromatic N) is 4. The second kappa shape index (κ2) is 6.65. The molecule has 0 saturated carbocycles. The lowest BCUT2D eigenvalue weighted by molar-refractivity contribution is 0.102. The first-order valence-electron chi connectivity index (χ1n) is 6.55. The van der Waals surface area contributed by atoms with Crippen molar-refractivity contribution in [2.75, 3.05) is 5.75 Å². The van der Waals surface area contributed by atoms with Crippen molar-refractivity contribution < 1.29 is 4.79 Å². The van der Waals surface area contributed by atoms with Gasteiger partial charge in [-0.05, 0) is 23.3 Å². The summed E-state index contributed by atoms with van der Waals surface area (Å²) in [5.74, 6) is 0.904. The van der Waals surface area contributed by atoms with E-state index >= 15 is 0 Å². The molecular formula is C14H18N4OS. The first-order chi connectivity index (χ1) is 9.56. The van der Waals surface area contributed by atoms with Crippen LogP contribution in [0.4, 0.5) is 0 Å². The van der Waals surface area contributed by atoms with Crippen LogP contribution in [0.2, 0.25) is 0 Å². The number of hydrogen-bond acceptors (Lipinski definition) is 5. The van der Waals surface area contributed by atoms with E-state index in [-0.39, 0.29) is 5.78 Å². The number of ketones is 1. The highest BCUT2D eigenvalue weighted by atomic mass is 32.2. The van der Waals surface area contributed by atoms with Crippen LogP contribution in [0.1, 0.15) is 29.8 Å². The molecule has 2 rings (SSSR count). The summed E-state index contributed by atoms with van der Waals surface area (Å²) >= 11 is 1.38. The van der Waals surface area contributed by atoms with Gasteiger partial charge in [-0.1, -0.05) is 55.4 Å². The molecule has 1 heterocycles. The molecule has 0 amide bonds. The van der Waals surface area contributed by atoms with Crippen LogP contribution in [0.3, 0.4) is 0 Å². The maximum atomic E-state index is 12.1. The Kier molecular flexibility index (Phi) is 4.89. The van der Waals surface area contributed by atoms with Gasteiger partial charge in [-0.3, -0.25) is 4.79 Å². The maximum absolute atomic E-state index is 12.1. The third-order valence-corrected chi connectivity index (χ3v) is 3.70. The first kappa shape index (κ1) is 14.7. The normalized spacial score (nSPS) is 11.0. The molecule has 0 unspecified atom stereocenters. The topological polar surface area (TPSA) is 60.7 Å². The largest absolute Gasteiger partial charge is 0.293 e. The number of aromatic nitrogens is 4. The number of carbonyl (C=O) groups excluding carboxylic acids is 1. The molecule has 106 valence electrons. The van der Waals surface area contributed by atoms with Gasteiger partial charge in [0.25, 0.3) is 0 Å². The Morgan fingerprint density at radius 1 is 1.30 bits per heavy atom. The van der Waals surface area contributed by atoms with Crippen molar-refractivity contribution in [2.24, 2.45) is 5.92 Å². The molecule has 0 spiro atoms. The van der Waals surface area contributed by atoms with E-state index in [1.165, 1.54) is 11.8 Å². The Bertz CT molecular complexity index is 577. The predicted octanol–water partition coefficient (Wildman–Crippen LogP) is 2.61. The predicted molar refractivity (Wildman–Crippen MR) is 78.9 cm³/mol. The van der Waals surface area contributed by atoms with Crippen LogP contribution in [-0.4, -0.2) is 31.7 Å². The SMILES string of the molecule is Cc1ccc(C(=O)CSc2nnnn2CC(C)C)cc1. The van der Waals surface area contributed by atoms with Gasteiger partial charge in [0.05, 0.1) is 5.75 Å². The molecule has 0 N–H and O–H groups in total. The van der Waals surface area contributed by atoms with Gasteiger partial charge in [0, 0.05) is 12.1 Å². The number of Topliss-reactive ketones (excluding diaryl/α,β-unsaturated/α-hetero) is 1. The fraction of sp³-hybridized carbons (Fsp3) is 0.429. The summed E-state index contributed by atoms with van der Waals surface area (Å²) in [5.41, 5.74) is 1.88. The van der Waals surface area contributed by atoms with Crippen molar-refractivity contribution in [3.63, 3.8) is 0 Å². The highest BCUT2D eigenvalue weighted by Crippen LogP contribution is 2.17.